The SMILES string of the molecule is Cc1cccc(Cn2nc(C)c(NC(=O)Cn3nc(C)c4c(-c5cccs5)ccnc43)c2C)c1. The van der Waals surface area contributed by atoms with E-state index in [0.29, 0.717) is 12.2 Å². The molecule has 5 aromatic rings. The lowest BCUT2D eigenvalue weighted by Crippen LogP contribution is -2.20. The Labute approximate surface area is 202 Å². The van der Waals surface area contributed by atoms with E-state index in [2.05, 4.69) is 57.1 Å². The summed E-state index contributed by atoms with van der Waals surface area (Å²) in [4.78, 5) is 18.7. The third-order valence-electron chi connectivity index (χ3n) is 5.95. The maximum absolute atomic E-state index is 13.0. The van der Waals surface area contributed by atoms with E-state index < -0.39 is 0 Å². The van der Waals surface area contributed by atoms with Crippen molar-refractivity contribution in [1.29, 1.82) is 0 Å². The molecule has 1 N–H and O–H groups in total. The zero-order valence-corrected chi connectivity index (χ0v) is 20.5. The molecule has 4 heterocycles. The van der Waals surface area contributed by atoms with Gasteiger partial charge in [0.25, 0.3) is 0 Å². The van der Waals surface area contributed by atoms with Gasteiger partial charge in [-0.25, -0.2) is 9.67 Å². The quantitative estimate of drug-likeness (QED) is 0.366. The Balaban J connectivity index is 1.38. The van der Waals surface area contributed by atoms with E-state index >= 15 is 0 Å². The first-order valence-corrected chi connectivity index (χ1v) is 12.0. The van der Waals surface area contributed by atoms with E-state index in [9.17, 15) is 4.79 Å². The molecule has 5 rings (SSSR count). The number of fused-ring (bicyclic) bond motifs is 1. The minimum absolute atomic E-state index is 0.0766. The van der Waals surface area contributed by atoms with Crippen LogP contribution in [0, 0.1) is 27.7 Å². The molecule has 1 aromatic carbocycles. The standard InChI is InChI=1S/C26H26N6OS/c1-16-7-5-8-20(13-16)14-31-19(4)25(18(3)30-31)28-23(33)15-32-26-24(17(2)29-32)21(10-11-27-26)22-9-6-12-34-22/h5-13H,14-15H2,1-4H3,(H,28,33). The molecule has 0 spiro atoms. The van der Waals surface area contributed by atoms with Gasteiger partial charge in [-0.2, -0.15) is 10.2 Å². The lowest BCUT2D eigenvalue weighted by Gasteiger charge is -2.08. The Morgan fingerprint density at radius 3 is 2.59 bits per heavy atom. The predicted octanol–water partition coefficient (Wildman–Crippen LogP) is 5.28. The number of amides is 1. The molecule has 0 aliphatic rings. The fraction of sp³-hybridized carbons (Fsp3) is 0.231. The molecule has 8 heteroatoms. The van der Waals surface area contributed by atoms with Crippen molar-refractivity contribution < 1.29 is 4.79 Å². The van der Waals surface area contributed by atoms with Gasteiger partial charge >= 0.3 is 0 Å². The minimum Gasteiger partial charge on any atom is -0.321 e. The van der Waals surface area contributed by atoms with Crippen LogP contribution in [0.2, 0.25) is 0 Å². The first-order chi connectivity index (χ1) is 16.4. The lowest BCUT2D eigenvalue weighted by molar-refractivity contribution is -0.116. The second-order valence-electron chi connectivity index (χ2n) is 8.52. The number of nitrogens with one attached hydrogen (secondary N) is 1. The lowest BCUT2D eigenvalue weighted by atomic mass is 10.1. The van der Waals surface area contributed by atoms with E-state index in [1.165, 1.54) is 11.1 Å². The number of benzene rings is 1. The molecule has 0 unspecified atom stereocenters. The van der Waals surface area contributed by atoms with Gasteiger partial charge in [-0.15, -0.1) is 11.3 Å². The third kappa shape index (κ3) is 4.12. The van der Waals surface area contributed by atoms with Gasteiger partial charge in [-0.3, -0.25) is 9.48 Å². The number of thiophene rings is 1. The molecule has 34 heavy (non-hydrogen) atoms. The van der Waals surface area contributed by atoms with Gasteiger partial charge in [0.2, 0.25) is 5.91 Å². The van der Waals surface area contributed by atoms with Crippen LogP contribution in [0.1, 0.15) is 28.2 Å². The Kier molecular flexibility index (Phi) is 5.75. The second kappa shape index (κ2) is 8.87. The second-order valence-corrected chi connectivity index (χ2v) is 9.47. The smallest absolute Gasteiger partial charge is 0.246 e. The van der Waals surface area contributed by atoms with Crippen LogP contribution in [0.5, 0.6) is 0 Å². The van der Waals surface area contributed by atoms with E-state index in [0.717, 1.165) is 38.6 Å². The highest BCUT2D eigenvalue weighted by Crippen LogP contribution is 2.32. The molecule has 0 atom stereocenters. The molecule has 7 nitrogen and oxygen atoms in total. The number of hydrogen-bond acceptors (Lipinski definition) is 5. The number of carbonyl (C=O) groups is 1. The number of anilines is 1. The van der Waals surface area contributed by atoms with E-state index in [4.69, 9.17) is 0 Å². The van der Waals surface area contributed by atoms with Gasteiger partial charge in [0.15, 0.2) is 5.65 Å². The van der Waals surface area contributed by atoms with Crippen molar-refractivity contribution >= 4 is 34.0 Å². The Bertz CT molecular complexity index is 1500. The molecule has 0 saturated carbocycles. The summed E-state index contributed by atoms with van der Waals surface area (Å²) in [6.45, 7) is 8.66. The zero-order valence-electron chi connectivity index (χ0n) is 19.7. The number of carbonyl (C=O) groups excluding carboxylic acids is 1. The largest absolute Gasteiger partial charge is 0.321 e. The highest BCUT2D eigenvalue weighted by Gasteiger charge is 2.19. The maximum Gasteiger partial charge on any atom is 0.246 e. The fourth-order valence-electron chi connectivity index (χ4n) is 4.36. The third-order valence-corrected chi connectivity index (χ3v) is 6.85. The van der Waals surface area contributed by atoms with E-state index in [1.54, 1.807) is 22.2 Å². The molecular formula is C26H26N6OS. The van der Waals surface area contributed by atoms with Crippen LogP contribution < -0.4 is 5.32 Å². The van der Waals surface area contributed by atoms with Crippen molar-refractivity contribution in [1.82, 2.24) is 24.5 Å². The molecule has 4 aromatic heterocycles. The summed E-state index contributed by atoms with van der Waals surface area (Å²) < 4.78 is 3.61. The van der Waals surface area contributed by atoms with Crippen molar-refractivity contribution in [3.63, 3.8) is 0 Å². The van der Waals surface area contributed by atoms with Crippen molar-refractivity contribution in [3.05, 3.63) is 82.3 Å². The van der Waals surface area contributed by atoms with Gasteiger partial charge in [-0.1, -0.05) is 35.9 Å². The van der Waals surface area contributed by atoms with Gasteiger partial charge in [0.05, 0.1) is 34.7 Å². The molecule has 0 aliphatic carbocycles. The topological polar surface area (TPSA) is 77.6 Å². The average molecular weight is 471 g/mol. The molecular weight excluding hydrogens is 444 g/mol. The molecule has 172 valence electrons. The summed E-state index contributed by atoms with van der Waals surface area (Å²) in [7, 11) is 0. The van der Waals surface area contributed by atoms with Crippen LogP contribution in [-0.2, 0) is 17.9 Å². The van der Waals surface area contributed by atoms with Crippen molar-refractivity contribution in [2.75, 3.05) is 5.32 Å². The first kappa shape index (κ1) is 22.0. The molecule has 1 amide bonds. The summed E-state index contributed by atoms with van der Waals surface area (Å²) in [6, 6.07) is 14.5. The molecule has 0 aliphatic heterocycles. The number of aromatic nitrogens is 5. The molecule has 0 saturated heterocycles. The van der Waals surface area contributed by atoms with Crippen LogP contribution >= 0.6 is 11.3 Å². The number of hydrogen-bond donors (Lipinski definition) is 1. The molecule has 0 radical (unpaired) electrons. The summed E-state index contributed by atoms with van der Waals surface area (Å²) in [5, 5.41) is 15.4. The van der Waals surface area contributed by atoms with Crippen molar-refractivity contribution in [3.8, 4) is 10.4 Å². The van der Waals surface area contributed by atoms with Crippen molar-refractivity contribution in [2.24, 2.45) is 0 Å². The van der Waals surface area contributed by atoms with Crippen LogP contribution in [0.4, 0.5) is 5.69 Å². The number of pyridine rings is 1. The molecule has 0 bridgehead atoms. The minimum atomic E-state index is -0.158. The Hall–Kier alpha value is -3.78. The number of rotatable bonds is 6. The first-order valence-electron chi connectivity index (χ1n) is 11.2. The van der Waals surface area contributed by atoms with E-state index in [-0.39, 0.29) is 12.5 Å². The highest BCUT2D eigenvalue weighted by atomic mass is 32.1. The summed E-state index contributed by atoms with van der Waals surface area (Å²) >= 11 is 1.68. The van der Waals surface area contributed by atoms with Crippen LogP contribution in [0.25, 0.3) is 21.5 Å². The highest BCUT2D eigenvalue weighted by molar-refractivity contribution is 7.13. The van der Waals surface area contributed by atoms with Gasteiger partial charge in [0, 0.05) is 16.6 Å². The normalized spacial score (nSPS) is 11.3. The van der Waals surface area contributed by atoms with Crippen LogP contribution in [0.15, 0.2) is 54.0 Å². The summed E-state index contributed by atoms with van der Waals surface area (Å²) in [5.41, 5.74) is 7.51. The Morgan fingerprint density at radius 2 is 1.82 bits per heavy atom. The predicted molar refractivity (Wildman–Crippen MR) is 136 cm³/mol. The number of aryl methyl sites for hydroxylation is 3. The van der Waals surface area contributed by atoms with Crippen LogP contribution in [0.3, 0.4) is 0 Å². The zero-order chi connectivity index (χ0) is 23.8. The van der Waals surface area contributed by atoms with Crippen LogP contribution in [-0.4, -0.2) is 30.5 Å². The van der Waals surface area contributed by atoms with Gasteiger partial charge < -0.3 is 5.32 Å². The summed E-state index contributed by atoms with van der Waals surface area (Å²) in [6.07, 6.45) is 1.77. The van der Waals surface area contributed by atoms with Gasteiger partial charge in [-0.05, 0) is 50.8 Å². The average Bonchev–Trinajstić information content (AvgIpc) is 3.51. The summed E-state index contributed by atoms with van der Waals surface area (Å²) in [5.74, 6) is -0.158. The fourth-order valence-corrected chi connectivity index (χ4v) is 5.12. The van der Waals surface area contributed by atoms with Crippen molar-refractivity contribution in [2.45, 2.75) is 40.8 Å². The maximum atomic E-state index is 13.0. The number of nitrogens with zero attached hydrogens (tertiary/aromatic N) is 5. The monoisotopic (exact) mass is 470 g/mol. The van der Waals surface area contributed by atoms with E-state index in [1.807, 2.05) is 43.7 Å². The van der Waals surface area contributed by atoms with Gasteiger partial charge in [0.1, 0.15) is 6.54 Å². The Morgan fingerprint density at radius 1 is 1.00 bits per heavy atom. The molecule has 0 fully saturated rings.